The number of hydrogen-bond donors (Lipinski definition) is 2. The van der Waals surface area contributed by atoms with Gasteiger partial charge in [0, 0.05) is 31.1 Å². The van der Waals surface area contributed by atoms with Gasteiger partial charge in [0.15, 0.2) is 0 Å². The molecule has 2 N–H and O–H groups in total. The van der Waals surface area contributed by atoms with Crippen molar-refractivity contribution in [2.45, 2.75) is 40.0 Å². The van der Waals surface area contributed by atoms with Gasteiger partial charge in [-0.15, -0.1) is 0 Å². The second-order valence-electron chi connectivity index (χ2n) is 7.03. The number of likely N-dealkylation sites (tertiary alicyclic amines) is 1. The molecule has 2 heterocycles. The van der Waals surface area contributed by atoms with Crippen LogP contribution in [0.2, 0.25) is 0 Å². The molecule has 3 atom stereocenters. The molecule has 1 unspecified atom stereocenters. The molecule has 0 saturated carbocycles. The highest BCUT2D eigenvalue weighted by Gasteiger charge is 2.48. The number of carboxylic acids is 1. The molecule has 0 aromatic carbocycles. The minimum absolute atomic E-state index is 0.0255. The third kappa shape index (κ3) is 2.30. The largest absolute Gasteiger partial charge is 0.481 e. The van der Waals surface area contributed by atoms with Crippen molar-refractivity contribution in [3.63, 3.8) is 0 Å². The number of carbonyl (C=O) groups is 2. The maximum absolute atomic E-state index is 12.8. The normalized spacial score (nSPS) is 31.1. The summed E-state index contributed by atoms with van der Waals surface area (Å²) in [7, 11) is 0. The molecule has 1 amide bonds. The monoisotopic (exact) mass is 305 g/mol. The van der Waals surface area contributed by atoms with Crippen molar-refractivity contribution in [2.75, 3.05) is 13.1 Å². The van der Waals surface area contributed by atoms with Crippen molar-refractivity contribution in [1.29, 1.82) is 0 Å². The highest BCUT2D eigenvalue weighted by molar-refractivity contribution is 5.82. The zero-order valence-electron chi connectivity index (χ0n) is 13.3. The van der Waals surface area contributed by atoms with E-state index in [-0.39, 0.29) is 17.7 Å². The van der Waals surface area contributed by atoms with Gasteiger partial charge in [-0.1, -0.05) is 6.92 Å². The quantitative estimate of drug-likeness (QED) is 0.864. The third-order valence-electron chi connectivity index (χ3n) is 5.41. The fourth-order valence-corrected chi connectivity index (χ4v) is 3.69. The summed E-state index contributed by atoms with van der Waals surface area (Å²) >= 11 is 0. The summed E-state index contributed by atoms with van der Waals surface area (Å²) in [5.74, 6) is 0.0877. The maximum Gasteiger partial charge on any atom is 0.311 e. The molecule has 6 nitrogen and oxygen atoms in total. The number of rotatable bonds is 2. The van der Waals surface area contributed by atoms with Crippen LogP contribution in [0, 0.1) is 24.2 Å². The van der Waals surface area contributed by atoms with Crippen LogP contribution < -0.4 is 0 Å². The molecule has 1 aromatic rings. The van der Waals surface area contributed by atoms with Crippen molar-refractivity contribution in [1.82, 2.24) is 14.9 Å². The number of aryl methyl sites for hydroxylation is 2. The van der Waals surface area contributed by atoms with Crippen LogP contribution in [0.25, 0.3) is 0 Å². The Labute approximate surface area is 129 Å². The topological polar surface area (TPSA) is 86.3 Å². The van der Waals surface area contributed by atoms with Crippen LogP contribution in [0.1, 0.15) is 37.5 Å². The van der Waals surface area contributed by atoms with E-state index in [0.717, 1.165) is 30.1 Å². The van der Waals surface area contributed by atoms with Gasteiger partial charge in [-0.3, -0.25) is 9.59 Å². The number of hydrogen-bond acceptors (Lipinski definition) is 3. The molecule has 22 heavy (non-hydrogen) atoms. The van der Waals surface area contributed by atoms with Crippen molar-refractivity contribution < 1.29 is 14.7 Å². The van der Waals surface area contributed by atoms with E-state index < -0.39 is 11.4 Å². The van der Waals surface area contributed by atoms with Crippen LogP contribution in [0.15, 0.2) is 0 Å². The maximum atomic E-state index is 12.8. The number of carbonyl (C=O) groups excluding carboxylic acids is 1. The fraction of sp³-hybridized carbons (Fsp3) is 0.688. The zero-order valence-corrected chi connectivity index (χ0v) is 13.3. The Bertz CT molecular complexity index is 624. The SMILES string of the molecule is Cc1nc2c([nH]1)CC(C(=O)N1C[C@@H](C)[C@](C)(C(=O)O)C1)CC2. The highest BCUT2D eigenvalue weighted by atomic mass is 16.4. The zero-order chi connectivity index (χ0) is 16.1. The molecule has 0 radical (unpaired) electrons. The van der Waals surface area contributed by atoms with E-state index in [1.54, 1.807) is 11.8 Å². The van der Waals surface area contributed by atoms with Gasteiger partial charge in [0.25, 0.3) is 0 Å². The molecular formula is C16H23N3O3. The summed E-state index contributed by atoms with van der Waals surface area (Å²) in [6.07, 6.45) is 2.30. The van der Waals surface area contributed by atoms with Crippen LogP contribution in [-0.4, -0.2) is 44.9 Å². The summed E-state index contributed by atoms with van der Waals surface area (Å²) in [4.78, 5) is 33.7. The lowest BCUT2D eigenvalue weighted by Gasteiger charge is -2.27. The lowest BCUT2D eigenvalue weighted by molar-refractivity contribution is -0.149. The second-order valence-corrected chi connectivity index (χ2v) is 7.03. The number of imidazole rings is 1. The first-order valence-corrected chi connectivity index (χ1v) is 7.88. The van der Waals surface area contributed by atoms with Crippen molar-refractivity contribution in [3.05, 3.63) is 17.2 Å². The standard InChI is InChI=1S/C16H23N3O3/c1-9-7-19(8-16(9,3)15(21)22)14(20)11-4-5-12-13(6-11)18-10(2)17-12/h9,11H,4-8H2,1-3H3,(H,17,18)(H,21,22)/t9-,11?,16-/m1/s1. The van der Waals surface area contributed by atoms with Crippen molar-refractivity contribution in [3.8, 4) is 0 Å². The van der Waals surface area contributed by atoms with Crippen LogP contribution in [0.4, 0.5) is 0 Å². The summed E-state index contributed by atoms with van der Waals surface area (Å²) in [6, 6.07) is 0. The van der Waals surface area contributed by atoms with E-state index in [4.69, 9.17) is 0 Å². The van der Waals surface area contributed by atoms with Crippen LogP contribution in [0.5, 0.6) is 0 Å². The van der Waals surface area contributed by atoms with Gasteiger partial charge < -0.3 is 15.0 Å². The third-order valence-corrected chi connectivity index (χ3v) is 5.41. The van der Waals surface area contributed by atoms with Gasteiger partial charge >= 0.3 is 5.97 Å². The van der Waals surface area contributed by atoms with E-state index >= 15 is 0 Å². The summed E-state index contributed by atoms with van der Waals surface area (Å²) < 4.78 is 0. The predicted molar refractivity (Wildman–Crippen MR) is 80.3 cm³/mol. The van der Waals surface area contributed by atoms with E-state index in [1.165, 1.54) is 0 Å². The molecule has 1 aromatic heterocycles. The number of H-pyrrole nitrogens is 1. The molecule has 1 fully saturated rings. The Morgan fingerprint density at radius 1 is 1.45 bits per heavy atom. The van der Waals surface area contributed by atoms with Crippen molar-refractivity contribution in [2.24, 2.45) is 17.3 Å². The van der Waals surface area contributed by atoms with Gasteiger partial charge in [-0.2, -0.15) is 0 Å². The minimum atomic E-state index is -0.833. The average molecular weight is 305 g/mol. The number of nitrogens with one attached hydrogen (secondary N) is 1. The predicted octanol–water partition coefficient (Wildman–Crippen LogP) is 1.39. The van der Waals surface area contributed by atoms with Gasteiger partial charge in [-0.05, 0) is 32.6 Å². The average Bonchev–Trinajstić information content (AvgIpc) is 2.97. The number of carboxylic acid groups (broad SMARTS) is 1. The Hall–Kier alpha value is -1.85. The number of amides is 1. The van der Waals surface area contributed by atoms with E-state index in [9.17, 15) is 14.7 Å². The molecule has 0 bridgehead atoms. The van der Waals surface area contributed by atoms with Gasteiger partial charge in [0.1, 0.15) is 5.82 Å². The summed E-state index contributed by atoms with van der Waals surface area (Å²) in [5.41, 5.74) is 1.31. The Morgan fingerprint density at radius 3 is 2.82 bits per heavy atom. The molecule has 3 rings (SSSR count). The Kier molecular flexibility index (Phi) is 3.50. The fourth-order valence-electron chi connectivity index (χ4n) is 3.69. The molecule has 0 spiro atoms. The first-order valence-electron chi connectivity index (χ1n) is 7.88. The molecule has 6 heteroatoms. The molecular weight excluding hydrogens is 282 g/mol. The number of aromatic nitrogens is 2. The van der Waals surface area contributed by atoms with Crippen LogP contribution in [-0.2, 0) is 22.4 Å². The first-order chi connectivity index (χ1) is 10.3. The minimum Gasteiger partial charge on any atom is -0.481 e. The lowest BCUT2D eigenvalue weighted by Crippen LogP contribution is -2.40. The van der Waals surface area contributed by atoms with Gasteiger partial charge in [0.05, 0.1) is 11.1 Å². The lowest BCUT2D eigenvalue weighted by atomic mass is 9.81. The molecule has 1 saturated heterocycles. The van der Waals surface area contributed by atoms with E-state index in [2.05, 4.69) is 9.97 Å². The van der Waals surface area contributed by atoms with Gasteiger partial charge in [-0.25, -0.2) is 4.98 Å². The van der Waals surface area contributed by atoms with Crippen LogP contribution in [0.3, 0.4) is 0 Å². The van der Waals surface area contributed by atoms with Crippen LogP contribution >= 0.6 is 0 Å². The summed E-state index contributed by atoms with van der Waals surface area (Å²) in [6.45, 7) is 6.43. The smallest absolute Gasteiger partial charge is 0.311 e. The number of aliphatic carboxylic acids is 1. The molecule has 1 aliphatic carbocycles. The number of aromatic amines is 1. The highest BCUT2D eigenvalue weighted by Crippen LogP contribution is 2.37. The van der Waals surface area contributed by atoms with E-state index in [0.29, 0.717) is 19.5 Å². The second kappa shape index (κ2) is 5.11. The molecule has 1 aliphatic heterocycles. The van der Waals surface area contributed by atoms with Gasteiger partial charge in [0.2, 0.25) is 5.91 Å². The number of nitrogens with zero attached hydrogens (tertiary/aromatic N) is 2. The summed E-state index contributed by atoms with van der Waals surface area (Å²) in [5, 5.41) is 9.43. The first kappa shape index (κ1) is 15.1. The molecule has 2 aliphatic rings. The van der Waals surface area contributed by atoms with E-state index in [1.807, 2.05) is 13.8 Å². The Morgan fingerprint density at radius 2 is 2.18 bits per heavy atom. The van der Waals surface area contributed by atoms with Crippen molar-refractivity contribution >= 4 is 11.9 Å². The number of fused-ring (bicyclic) bond motifs is 1. The molecule has 120 valence electrons. The Balaban J connectivity index is 1.72.